The monoisotopic (exact) mass is 330 g/mol. The number of imidazole rings is 1. The lowest BCUT2D eigenvalue weighted by molar-refractivity contribution is -0.113. The summed E-state index contributed by atoms with van der Waals surface area (Å²) in [6, 6.07) is 9.42. The van der Waals surface area contributed by atoms with Gasteiger partial charge in [-0.15, -0.1) is 0 Å². The van der Waals surface area contributed by atoms with Crippen LogP contribution in [0.15, 0.2) is 47.8 Å². The molecule has 0 aliphatic heterocycles. The van der Waals surface area contributed by atoms with E-state index in [4.69, 9.17) is 0 Å². The molecule has 7 heteroatoms. The summed E-state index contributed by atoms with van der Waals surface area (Å²) < 4.78 is 14.8. The topological polar surface area (TPSA) is 59.8 Å². The molecule has 3 aromatic rings. The molecule has 1 amide bonds. The number of nitrogens with one attached hydrogen (secondary N) is 1. The molecular formula is C16H15FN4OS. The van der Waals surface area contributed by atoms with Gasteiger partial charge >= 0.3 is 0 Å². The predicted octanol–water partition coefficient (Wildman–Crippen LogP) is 3.32. The average Bonchev–Trinajstić information content (AvgIpc) is 2.92. The lowest BCUT2D eigenvalue weighted by atomic mass is 10.3. The van der Waals surface area contributed by atoms with Gasteiger partial charge in [-0.3, -0.25) is 4.79 Å². The standard InChI is InChI=1S/C16H15FN4OS/c1-2-21-15-13(4-3-9-18-15)20-16(21)23-10-14(22)19-12-7-5-11(17)6-8-12/h3-9H,2,10H2,1H3,(H,19,22). The van der Waals surface area contributed by atoms with Gasteiger partial charge in [-0.2, -0.15) is 0 Å². The summed E-state index contributed by atoms with van der Waals surface area (Å²) in [6.45, 7) is 2.74. The minimum absolute atomic E-state index is 0.163. The second-order valence-electron chi connectivity index (χ2n) is 4.83. The first-order valence-electron chi connectivity index (χ1n) is 7.17. The molecule has 118 valence electrons. The maximum atomic E-state index is 12.8. The number of hydrogen-bond donors (Lipinski definition) is 1. The number of rotatable bonds is 5. The van der Waals surface area contributed by atoms with E-state index >= 15 is 0 Å². The van der Waals surface area contributed by atoms with Crippen LogP contribution in [-0.2, 0) is 11.3 Å². The minimum Gasteiger partial charge on any atom is -0.325 e. The van der Waals surface area contributed by atoms with E-state index in [0.717, 1.165) is 22.9 Å². The Morgan fingerprint density at radius 2 is 2.09 bits per heavy atom. The maximum absolute atomic E-state index is 12.8. The molecular weight excluding hydrogens is 315 g/mol. The third-order valence-corrected chi connectivity index (χ3v) is 4.22. The zero-order valence-corrected chi connectivity index (χ0v) is 13.3. The van der Waals surface area contributed by atoms with Crippen LogP contribution < -0.4 is 5.32 Å². The number of benzene rings is 1. The second kappa shape index (κ2) is 6.78. The van der Waals surface area contributed by atoms with Crippen molar-refractivity contribution in [3.8, 4) is 0 Å². The lowest BCUT2D eigenvalue weighted by Crippen LogP contribution is -2.14. The third-order valence-electron chi connectivity index (χ3n) is 3.25. The Hall–Kier alpha value is -2.41. The smallest absolute Gasteiger partial charge is 0.234 e. The first kappa shape index (κ1) is 15.5. The molecule has 1 N–H and O–H groups in total. The molecule has 0 aliphatic rings. The van der Waals surface area contributed by atoms with Crippen molar-refractivity contribution in [3.05, 3.63) is 48.4 Å². The van der Waals surface area contributed by atoms with Crippen molar-refractivity contribution >= 4 is 34.5 Å². The highest BCUT2D eigenvalue weighted by Crippen LogP contribution is 2.22. The van der Waals surface area contributed by atoms with E-state index < -0.39 is 0 Å². The summed E-state index contributed by atoms with van der Waals surface area (Å²) in [7, 11) is 0. The van der Waals surface area contributed by atoms with Gasteiger partial charge in [0.25, 0.3) is 0 Å². The van der Waals surface area contributed by atoms with Crippen LogP contribution >= 0.6 is 11.8 Å². The van der Waals surface area contributed by atoms with Crippen LogP contribution in [0.1, 0.15) is 6.92 Å². The van der Waals surface area contributed by atoms with Crippen molar-refractivity contribution in [2.45, 2.75) is 18.6 Å². The van der Waals surface area contributed by atoms with Gasteiger partial charge in [0.1, 0.15) is 11.3 Å². The van der Waals surface area contributed by atoms with Gasteiger partial charge in [0.2, 0.25) is 5.91 Å². The average molecular weight is 330 g/mol. The molecule has 23 heavy (non-hydrogen) atoms. The highest BCUT2D eigenvalue weighted by Gasteiger charge is 2.12. The molecule has 0 bridgehead atoms. The second-order valence-corrected chi connectivity index (χ2v) is 5.77. The molecule has 3 rings (SSSR count). The van der Waals surface area contributed by atoms with Crippen molar-refractivity contribution < 1.29 is 9.18 Å². The number of aryl methyl sites for hydroxylation is 1. The molecule has 2 aromatic heterocycles. The Bertz CT molecular complexity index is 832. The fourth-order valence-corrected chi connectivity index (χ4v) is 3.06. The number of pyridine rings is 1. The van der Waals surface area contributed by atoms with E-state index in [0.29, 0.717) is 5.69 Å². The van der Waals surface area contributed by atoms with Crippen LogP contribution in [0.3, 0.4) is 0 Å². The van der Waals surface area contributed by atoms with Crippen molar-refractivity contribution in [2.75, 3.05) is 11.1 Å². The molecule has 2 heterocycles. The van der Waals surface area contributed by atoms with Crippen LogP contribution in [0.2, 0.25) is 0 Å². The highest BCUT2D eigenvalue weighted by atomic mass is 32.2. The number of hydrogen-bond acceptors (Lipinski definition) is 4. The van der Waals surface area contributed by atoms with Crippen LogP contribution in [0.5, 0.6) is 0 Å². The van der Waals surface area contributed by atoms with E-state index in [2.05, 4.69) is 15.3 Å². The van der Waals surface area contributed by atoms with Crippen LogP contribution in [-0.4, -0.2) is 26.2 Å². The maximum Gasteiger partial charge on any atom is 0.234 e. The van der Waals surface area contributed by atoms with Crippen molar-refractivity contribution in [1.29, 1.82) is 0 Å². The zero-order valence-electron chi connectivity index (χ0n) is 12.5. The summed E-state index contributed by atoms with van der Waals surface area (Å²) in [5, 5.41) is 3.49. The minimum atomic E-state index is -0.332. The number of nitrogens with zero attached hydrogens (tertiary/aromatic N) is 3. The number of amides is 1. The summed E-state index contributed by atoms with van der Waals surface area (Å²) in [5.41, 5.74) is 2.20. The molecule has 0 unspecified atom stereocenters. The van der Waals surface area contributed by atoms with E-state index in [1.807, 2.05) is 23.6 Å². The summed E-state index contributed by atoms with van der Waals surface area (Å²) >= 11 is 1.35. The number of aromatic nitrogens is 3. The van der Waals surface area contributed by atoms with Gasteiger partial charge in [-0.25, -0.2) is 14.4 Å². The molecule has 0 spiro atoms. The number of carbonyl (C=O) groups is 1. The highest BCUT2D eigenvalue weighted by molar-refractivity contribution is 7.99. The number of carbonyl (C=O) groups excluding carboxylic acids is 1. The number of thioether (sulfide) groups is 1. The lowest BCUT2D eigenvalue weighted by Gasteiger charge is -2.06. The van der Waals surface area contributed by atoms with Crippen molar-refractivity contribution in [1.82, 2.24) is 14.5 Å². The molecule has 0 atom stereocenters. The molecule has 1 aromatic carbocycles. The van der Waals surface area contributed by atoms with E-state index in [-0.39, 0.29) is 17.5 Å². The van der Waals surface area contributed by atoms with Crippen molar-refractivity contribution in [3.63, 3.8) is 0 Å². The Balaban J connectivity index is 1.68. The number of halogens is 1. The quantitative estimate of drug-likeness (QED) is 0.729. The van der Waals surface area contributed by atoms with Crippen molar-refractivity contribution in [2.24, 2.45) is 0 Å². The summed E-state index contributed by atoms with van der Waals surface area (Å²) in [4.78, 5) is 20.8. The first-order valence-corrected chi connectivity index (χ1v) is 8.15. The van der Waals surface area contributed by atoms with E-state index in [9.17, 15) is 9.18 Å². The van der Waals surface area contributed by atoms with Gasteiger partial charge in [0, 0.05) is 18.4 Å². The summed E-state index contributed by atoms with van der Waals surface area (Å²) in [5.74, 6) is -0.272. The van der Waals surface area contributed by atoms with Gasteiger partial charge in [-0.05, 0) is 43.3 Å². The van der Waals surface area contributed by atoms with Gasteiger partial charge in [-0.1, -0.05) is 11.8 Å². The molecule has 0 saturated carbocycles. The van der Waals surface area contributed by atoms with Gasteiger partial charge < -0.3 is 9.88 Å². The van der Waals surface area contributed by atoms with Crippen LogP contribution in [0.4, 0.5) is 10.1 Å². The fraction of sp³-hybridized carbons (Fsp3) is 0.188. The first-order chi connectivity index (χ1) is 11.2. The molecule has 0 radical (unpaired) electrons. The molecule has 0 aliphatic carbocycles. The van der Waals surface area contributed by atoms with Gasteiger partial charge in [0.15, 0.2) is 10.8 Å². The molecule has 0 saturated heterocycles. The Morgan fingerprint density at radius 3 is 2.83 bits per heavy atom. The predicted molar refractivity (Wildman–Crippen MR) is 89.0 cm³/mol. The van der Waals surface area contributed by atoms with Gasteiger partial charge in [0.05, 0.1) is 5.75 Å². The number of fused-ring (bicyclic) bond motifs is 1. The Labute approximate surface area is 136 Å². The Morgan fingerprint density at radius 1 is 1.30 bits per heavy atom. The fourth-order valence-electron chi connectivity index (χ4n) is 2.19. The normalized spacial score (nSPS) is 10.9. The number of anilines is 1. The third kappa shape index (κ3) is 3.50. The Kier molecular flexibility index (Phi) is 4.57. The SMILES string of the molecule is CCn1c(SCC(=O)Nc2ccc(F)cc2)nc2cccnc21. The van der Waals surface area contributed by atoms with E-state index in [1.165, 1.54) is 36.0 Å². The summed E-state index contributed by atoms with van der Waals surface area (Å²) in [6.07, 6.45) is 1.73. The van der Waals surface area contributed by atoms with Crippen LogP contribution in [0, 0.1) is 5.82 Å². The largest absolute Gasteiger partial charge is 0.325 e. The van der Waals surface area contributed by atoms with Crippen LogP contribution in [0.25, 0.3) is 11.2 Å². The van der Waals surface area contributed by atoms with E-state index in [1.54, 1.807) is 6.20 Å². The molecule has 5 nitrogen and oxygen atoms in total. The molecule has 0 fully saturated rings. The zero-order chi connectivity index (χ0) is 16.2.